The van der Waals surface area contributed by atoms with E-state index in [-0.39, 0.29) is 23.8 Å². The number of rotatable bonds is 8. The van der Waals surface area contributed by atoms with Crippen molar-refractivity contribution < 1.29 is 4.79 Å². The van der Waals surface area contributed by atoms with Crippen LogP contribution in [0.2, 0.25) is 0 Å². The van der Waals surface area contributed by atoms with Gasteiger partial charge in [0.25, 0.3) is 0 Å². The summed E-state index contributed by atoms with van der Waals surface area (Å²) < 4.78 is 2.12. The first-order valence-electron chi connectivity index (χ1n) is 13.3. The fraction of sp³-hybridized carbons (Fsp3) is 0.429. The molecule has 0 unspecified atom stereocenters. The van der Waals surface area contributed by atoms with E-state index >= 15 is 0 Å². The molecule has 1 aliphatic carbocycles. The van der Waals surface area contributed by atoms with Crippen molar-refractivity contribution in [2.75, 3.05) is 31.9 Å². The molecule has 0 atom stereocenters. The molecule has 2 fully saturated rings. The minimum absolute atomic E-state index is 0.0430. The van der Waals surface area contributed by atoms with Gasteiger partial charge in [0.05, 0.1) is 5.71 Å². The molecule has 4 heterocycles. The fourth-order valence-electron chi connectivity index (χ4n) is 5.49. The van der Waals surface area contributed by atoms with Crippen LogP contribution in [0.5, 0.6) is 0 Å². The van der Waals surface area contributed by atoms with Crippen molar-refractivity contribution in [1.29, 1.82) is 5.41 Å². The average Bonchev–Trinajstić information content (AvgIpc) is 3.34. The SMILES string of the molecule is C=CCC=CC(=N)c1nc2cccnc2n1C1CCC(C(=O)N2CCN(Cc3cnc(N)nc3)CC2)CC1. The van der Waals surface area contributed by atoms with Gasteiger partial charge in [-0.1, -0.05) is 12.2 Å². The maximum Gasteiger partial charge on any atom is 0.225 e. The first-order valence-corrected chi connectivity index (χ1v) is 13.3. The predicted octanol–water partition coefficient (Wildman–Crippen LogP) is 3.38. The number of hydrogen-bond acceptors (Lipinski definition) is 8. The number of pyridine rings is 1. The highest BCUT2D eigenvalue weighted by atomic mass is 16.2. The number of nitrogens with two attached hydrogens (primary N) is 1. The van der Waals surface area contributed by atoms with Crippen molar-refractivity contribution in [3.05, 3.63) is 66.9 Å². The highest BCUT2D eigenvalue weighted by Crippen LogP contribution is 2.36. The Morgan fingerprint density at radius 3 is 2.55 bits per heavy atom. The Morgan fingerprint density at radius 1 is 1.11 bits per heavy atom. The second kappa shape index (κ2) is 11.6. The lowest BCUT2D eigenvalue weighted by atomic mass is 9.84. The van der Waals surface area contributed by atoms with Crippen LogP contribution in [0.1, 0.15) is 49.5 Å². The number of nitrogens with one attached hydrogen (secondary N) is 1. The van der Waals surface area contributed by atoms with Gasteiger partial charge in [-0.25, -0.2) is 19.9 Å². The van der Waals surface area contributed by atoms with Crippen LogP contribution in [0.4, 0.5) is 5.95 Å². The number of allylic oxidation sites excluding steroid dienone is 3. The summed E-state index contributed by atoms with van der Waals surface area (Å²) in [4.78, 5) is 35.2. The zero-order valence-corrected chi connectivity index (χ0v) is 21.7. The Kier molecular flexibility index (Phi) is 7.88. The molecule has 38 heavy (non-hydrogen) atoms. The van der Waals surface area contributed by atoms with Crippen LogP contribution in [0, 0.1) is 11.3 Å². The third-order valence-electron chi connectivity index (χ3n) is 7.50. The van der Waals surface area contributed by atoms with Gasteiger partial charge in [0.1, 0.15) is 5.52 Å². The Labute approximate surface area is 222 Å². The van der Waals surface area contributed by atoms with Gasteiger partial charge in [-0.2, -0.15) is 0 Å². The molecule has 0 radical (unpaired) electrons. The topological polar surface area (TPSA) is 130 Å². The van der Waals surface area contributed by atoms with Gasteiger partial charge < -0.3 is 15.2 Å². The lowest BCUT2D eigenvalue weighted by Gasteiger charge is -2.38. The summed E-state index contributed by atoms with van der Waals surface area (Å²) in [6.45, 7) is 7.66. The highest BCUT2D eigenvalue weighted by molar-refractivity contribution is 6.05. The molecule has 3 aromatic rings. The summed E-state index contributed by atoms with van der Waals surface area (Å²) in [5.41, 5.74) is 8.58. The van der Waals surface area contributed by atoms with Crippen LogP contribution in [0.25, 0.3) is 11.2 Å². The van der Waals surface area contributed by atoms with Crippen LogP contribution in [-0.4, -0.2) is 72.1 Å². The van der Waals surface area contributed by atoms with E-state index in [1.807, 2.05) is 23.1 Å². The van der Waals surface area contributed by atoms with E-state index in [1.54, 1.807) is 30.7 Å². The average molecular weight is 514 g/mol. The van der Waals surface area contributed by atoms with Crippen LogP contribution >= 0.6 is 0 Å². The summed E-state index contributed by atoms with van der Waals surface area (Å²) in [6.07, 6.45) is 14.9. The van der Waals surface area contributed by atoms with Gasteiger partial charge in [0, 0.05) is 68.8 Å². The molecule has 0 bridgehead atoms. The Morgan fingerprint density at radius 2 is 1.84 bits per heavy atom. The van der Waals surface area contributed by atoms with Gasteiger partial charge in [-0.3, -0.25) is 15.1 Å². The first-order chi connectivity index (χ1) is 18.5. The van der Waals surface area contributed by atoms with E-state index in [0.29, 0.717) is 18.0 Å². The van der Waals surface area contributed by atoms with Crippen LogP contribution < -0.4 is 5.73 Å². The van der Waals surface area contributed by atoms with Crippen molar-refractivity contribution in [1.82, 2.24) is 34.3 Å². The van der Waals surface area contributed by atoms with E-state index in [0.717, 1.165) is 75.1 Å². The van der Waals surface area contributed by atoms with Gasteiger partial charge in [0.15, 0.2) is 11.5 Å². The Bertz CT molecular complexity index is 1310. The number of aromatic nitrogens is 5. The van der Waals surface area contributed by atoms with E-state index in [9.17, 15) is 4.79 Å². The molecule has 10 nitrogen and oxygen atoms in total. The van der Waals surface area contributed by atoms with Gasteiger partial charge >= 0.3 is 0 Å². The normalized spacial score (nSPS) is 20.7. The molecular formula is C28H35N9O. The van der Waals surface area contributed by atoms with E-state index in [2.05, 4.69) is 31.0 Å². The monoisotopic (exact) mass is 513 g/mol. The van der Waals surface area contributed by atoms with Crippen LogP contribution in [0.3, 0.4) is 0 Å². The maximum atomic E-state index is 13.4. The van der Waals surface area contributed by atoms with Crippen LogP contribution in [0.15, 0.2) is 55.5 Å². The van der Waals surface area contributed by atoms with Crippen molar-refractivity contribution in [2.45, 2.75) is 44.7 Å². The third-order valence-corrected chi connectivity index (χ3v) is 7.50. The molecule has 10 heteroatoms. The van der Waals surface area contributed by atoms with Gasteiger partial charge in [-0.15, -0.1) is 6.58 Å². The molecule has 2 aliphatic rings. The second-order valence-corrected chi connectivity index (χ2v) is 10.0. The number of carbonyl (C=O) groups is 1. The number of piperazine rings is 1. The molecule has 198 valence electrons. The van der Waals surface area contributed by atoms with Gasteiger partial charge in [-0.05, 0) is 50.3 Å². The number of amides is 1. The molecule has 3 aromatic heterocycles. The number of nitrogen functional groups attached to an aromatic ring is 1. The smallest absolute Gasteiger partial charge is 0.225 e. The van der Waals surface area contributed by atoms with Crippen molar-refractivity contribution >= 4 is 28.7 Å². The van der Waals surface area contributed by atoms with E-state index < -0.39 is 0 Å². The minimum Gasteiger partial charge on any atom is -0.368 e. The summed E-state index contributed by atoms with van der Waals surface area (Å²) in [5, 5.41) is 8.63. The number of carbonyl (C=O) groups excluding carboxylic acids is 1. The third kappa shape index (κ3) is 5.65. The second-order valence-electron chi connectivity index (χ2n) is 10.0. The number of fused-ring (bicyclic) bond motifs is 1. The lowest BCUT2D eigenvalue weighted by Crippen LogP contribution is -2.50. The van der Waals surface area contributed by atoms with Crippen molar-refractivity contribution in [2.24, 2.45) is 5.92 Å². The number of nitrogens with zero attached hydrogens (tertiary/aromatic N) is 7. The van der Waals surface area contributed by atoms with Crippen LogP contribution in [-0.2, 0) is 11.3 Å². The largest absolute Gasteiger partial charge is 0.368 e. The molecule has 1 aliphatic heterocycles. The number of hydrogen-bond donors (Lipinski definition) is 2. The standard InChI is InChI=1S/C28H35N9O/c1-2-3-4-6-23(29)25-34-24-7-5-12-31-26(24)37(25)22-10-8-21(9-11-22)27(38)36-15-13-35(14-16-36)19-20-17-32-28(30)33-18-20/h2,4-7,12,17-18,21-22,29H,1,3,8-11,13-16,19H2,(H2,30,32,33). The Balaban J connectivity index is 1.19. The molecule has 0 aromatic carbocycles. The molecule has 1 saturated carbocycles. The zero-order chi connectivity index (χ0) is 26.5. The number of anilines is 1. The molecule has 1 amide bonds. The first kappa shape index (κ1) is 25.7. The number of imidazole rings is 1. The zero-order valence-electron chi connectivity index (χ0n) is 21.7. The Hall–Kier alpha value is -3.92. The summed E-state index contributed by atoms with van der Waals surface area (Å²) in [7, 11) is 0. The predicted molar refractivity (Wildman–Crippen MR) is 148 cm³/mol. The minimum atomic E-state index is 0.0430. The summed E-state index contributed by atoms with van der Waals surface area (Å²) >= 11 is 0. The van der Waals surface area contributed by atoms with Crippen molar-refractivity contribution in [3.63, 3.8) is 0 Å². The lowest BCUT2D eigenvalue weighted by molar-refractivity contribution is -0.138. The quantitative estimate of drug-likeness (QED) is 0.349. The summed E-state index contributed by atoms with van der Waals surface area (Å²) in [5.74, 6) is 1.23. The van der Waals surface area contributed by atoms with Crippen molar-refractivity contribution in [3.8, 4) is 0 Å². The molecule has 1 saturated heterocycles. The van der Waals surface area contributed by atoms with E-state index in [4.69, 9.17) is 16.1 Å². The van der Waals surface area contributed by atoms with Gasteiger partial charge in [0.2, 0.25) is 11.9 Å². The fourth-order valence-corrected chi connectivity index (χ4v) is 5.49. The molecular weight excluding hydrogens is 478 g/mol. The summed E-state index contributed by atoms with van der Waals surface area (Å²) in [6, 6.07) is 3.98. The highest BCUT2D eigenvalue weighted by Gasteiger charge is 2.33. The molecule has 3 N–H and O–H groups in total. The molecule has 0 spiro atoms. The molecule has 5 rings (SSSR count). The maximum absolute atomic E-state index is 13.4. The van der Waals surface area contributed by atoms with E-state index in [1.165, 1.54) is 0 Å².